The molecule has 0 amide bonds. The predicted molar refractivity (Wildman–Crippen MR) is 68.2 cm³/mol. The summed E-state index contributed by atoms with van der Waals surface area (Å²) in [7, 11) is 2.15. The van der Waals surface area contributed by atoms with Crippen molar-refractivity contribution in [1.29, 1.82) is 0 Å². The van der Waals surface area contributed by atoms with Gasteiger partial charge in [-0.05, 0) is 52.0 Å². The van der Waals surface area contributed by atoms with E-state index in [1.165, 1.54) is 12.8 Å². The molecule has 0 saturated carbocycles. The summed E-state index contributed by atoms with van der Waals surface area (Å²) >= 11 is 0. The fraction of sp³-hybridized carbons (Fsp3) is 0.615. The molecule has 0 radical (unpaired) electrons. The van der Waals surface area contributed by atoms with Gasteiger partial charge in [0.2, 0.25) is 0 Å². The molecule has 1 aromatic heterocycles. The van der Waals surface area contributed by atoms with E-state index >= 15 is 0 Å². The molecule has 90 valence electrons. The Balaban J connectivity index is 2.25. The summed E-state index contributed by atoms with van der Waals surface area (Å²) in [5, 5.41) is 0. The van der Waals surface area contributed by atoms with Gasteiger partial charge in [0, 0.05) is 12.2 Å². The average Bonchev–Trinajstić information content (AvgIpc) is 2.24. The Morgan fingerprint density at radius 3 is 2.75 bits per heavy atom. The lowest BCUT2D eigenvalue weighted by Crippen LogP contribution is -2.20. The molecule has 0 atom stereocenters. The maximum absolute atomic E-state index is 5.46. The zero-order chi connectivity index (χ0) is 11.8. The van der Waals surface area contributed by atoms with Gasteiger partial charge < -0.3 is 10.6 Å². The molecule has 1 rings (SSSR count). The lowest BCUT2D eigenvalue weighted by atomic mass is 10.2. The molecule has 0 unspecified atom stereocenters. The molecule has 0 fully saturated rings. The van der Waals surface area contributed by atoms with Crippen LogP contribution >= 0.6 is 0 Å². The van der Waals surface area contributed by atoms with Gasteiger partial charge >= 0.3 is 0 Å². The molecule has 0 aliphatic heterocycles. The third-order valence-electron chi connectivity index (χ3n) is 2.62. The molecule has 1 aromatic rings. The average molecular weight is 221 g/mol. The number of unbranched alkanes of at least 4 members (excludes halogenated alkanes) is 2. The van der Waals surface area contributed by atoms with Crippen molar-refractivity contribution >= 4 is 0 Å². The van der Waals surface area contributed by atoms with Gasteiger partial charge in [-0.25, -0.2) is 0 Å². The highest BCUT2D eigenvalue weighted by Gasteiger charge is 2.01. The molecule has 16 heavy (non-hydrogen) atoms. The smallest absolute Gasteiger partial charge is 0.0547 e. The van der Waals surface area contributed by atoms with E-state index in [9.17, 15) is 0 Å². The van der Waals surface area contributed by atoms with E-state index in [4.69, 9.17) is 5.73 Å². The standard InChI is InChI=1S/C13H23N3/c1-12-7-6-8-13(15-12)11-16(2)10-5-3-4-9-14/h6-8H,3-5,9-11,14H2,1-2H3. The molecule has 2 N–H and O–H groups in total. The largest absolute Gasteiger partial charge is 0.330 e. The Morgan fingerprint density at radius 1 is 1.25 bits per heavy atom. The van der Waals surface area contributed by atoms with Crippen LogP contribution in [0.1, 0.15) is 30.7 Å². The number of hydrogen-bond acceptors (Lipinski definition) is 3. The summed E-state index contributed by atoms with van der Waals surface area (Å²) in [6.45, 7) is 4.90. The van der Waals surface area contributed by atoms with Crippen molar-refractivity contribution < 1.29 is 0 Å². The summed E-state index contributed by atoms with van der Waals surface area (Å²) in [6, 6.07) is 6.19. The second kappa shape index (κ2) is 7.36. The van der Waals surface area contributed by atoms with Gasteiger partial charge in [0.15, 0.2) is 0 Å². The minimum absolute atomic E-state index is 0.809. The molecule has 0 aliphatic carbocycles. The highest BCUT2D eigenvalue weighted by Crippen LogP contribution is 2.03. The molecule has 3 heteroatoms. The highest BCUT2D eigenvalue weighted by molar-refractivity contribution is 5.09. The zero-order valence-electron chi connectivity index (χ0n) is 10.4. The SMILES string of the molecule is Cc1cccc(CN(C)CCCCCN)n1. The summed E-state index contributed by atoms with van der Waals surface area (Å²) in [4.78, 5) is 6.81. The fourth-order valence-corrected chi connectivity index (χ4v) is 1.75. The van der Waals surface area contributed by atoms with Crippen LogP contribution in [0.15, 0.2) is 18.2 Å². The Hall–Kier alpha value is -0.930. The van der Waals surface area contributed by atoms with Crippen molar-refractivity contribution in [3.63, 3.8) is 0 Å². The van der Waals surface area contributed by atoms with E-state index in [2.05, 4.69) is 29.1 Å². The first-order valence-corrected chi connectivity index (χ1v) is 6.03. The Kier molecular flexibility index (Phi) is 6.04. The van der Waals surface area contributed by atoms with Crippen molar-refractivity contribution in [2.75, 3.05) is 20.1 Å². The molecule has 1 heterocycles. The first-order valence-electron chi connectivity index (χ1n) is 6.03. The van der Waals surface area contributed by atoms with Crippen LogP contribution in [0, 0.1) is 6.92 Å². The van der Waals surface area contributed by atoms with Gasteiger partial charge in [-0.1, -0.05) is 12.5 Å². The van der Waals surface area contributed by atoms with Crippen molar-refractivity contribution in [2.45, 2.75) is 32.7 Å². The van der Waals surface area contributed by atoms with Crippen LogP contribution in [-0.4, -0.2) is 30.0 Å². The van der Waals surface area contributed by atoms with E-state index in [-0.39, 0.29) is 0 Å². The normalized spacial score (nSPS) is 11.0. The van der Waals surface area contributed by atoms with Crippen LogP contribution in [0.3, 0.4) is 0 Å². The van der Waals surface area contributed by atoms with Gasteiger partial charge in [-0.3, -0.25) is 4.98 Å². The number of nitrogens with two attached hydrogens (primary N) is 1. The van der Waals surface area contributed by atoms with E-state index in [0.717, 1.165) is 37.4 Å². The second-order valence-corrected chi connectivity index (χ2v) is 4.36. The highest BCUT2D eigenvalue weighted by atomic mass is 15.1. The van der Waals surface area contributed by atoms with Crippen LogP contribution in [0.4, 0.5) is 0 Å². The Bertz CT molecular complexity index is 299. The van der Waals surface area contributed by atoms with Gasteiger partial charge in [0.05, 0.1) is 5.69 Å². The minimum Gasteiger partial charge on any atom is -0.330 e. The first kappa shape index (κ1) is 13.1. The van der Waals surface area contributed by atoms with Crippen LogP contribution in [0.2, 0.25) is 0 Å². The summed E-state index contributed by atoms with van der Waals surface area (Å²) in [5.74, 6) is 0. The molecule has 3 nitrogen and oxygen atoms in total. The van der Waals surface area contributed by atoms with E-state index < -0.39 is 0 Å². The van der Waals surface area contributed by atoms with E-state index in [1.54, 1.807) is 0 Å². The van der Waals surface area contributed by atoms with Crippen LogP contribution in [-0.2, 0) is 6.54 Å². The molecular weight excluding hydrogens is 198 g/mol. The maximum atomic E-state index is 5.46. The van der Waals surface area contributed by atoms with Crippen LogP contribution in [0.25, 0.3) is 0 Å². The summed E-state index contributed by atoms with van der Waals surface area (Å²) < 4.78 is 0. The Morgan fingerprint density at radius 2 is 2.06 bits per heavy atom. The third-order valence-corrected chi connectivity index (χ3v) is 2.62. The second-order valence-electron chi connectivity index (χ2n) is 4.36. The van der Waals surface area contributed by atoms with Gasteiger partial charge in [-0.2, -0.15) is 0 Å². The lowest BCUT2D eigenvalue weighted by molar-refractivity contribution is 0.314. The van der Waals surface area contributed by atoms with Crippen molar-refractivity contribution in [3.8, 4) is 0 Å². The molecule has 0 aliphatic rings. The monoisotopic (exact) mass is 221 g/mol. The number of pyridine rings is 1. The number of aryl methyl sites for hydroxylation is 1. The minimum atomic E-state index is 0.809. The first-order chi connectivity index (χ1) is 7.72. The fourth-order valence-electron chi connectivity index (χ4n) is 1.75. The Labute approximate surface area is 98.7 Å². The molecule has 0 aromatic carbocycles. The van der Waals surface area contributed by atoms with Crippen LogP contribution < -0.4 is 5.73 Å². The quantitative estimate of drug-likeness (QED) is 0.716. The number of aromatic nitrogens is 1. The van der Waals surface area contributed by atoms with E-state index in [0.29, 0.717) is 0 Å². The van der Waals surface area contributed by atoms with Gasteiger partial charge in [0.25, 0.3) is 0 Å². The summed E-state index contributed by atoms with van der Waals surface area (Å²) in [5.41, 5.74) is 7.71. The molecule has 0 bridgehead atoms. The number of hydrogen-bond donors (Lipinski definition) is 1. The topological polar surface area (TPSA) is 42.1 Å². The maximum Gasteiger partial charge on any atom is 0.0547 e. The zero-order valence-corrected chi connectivity index (χ0v) is 10.4. The van der Waals surface area contributed by atoms with E-state index in [1.807, 2.05) is 13.0 Å². The predicted octanol–water partition coefficient (Wildman–Crippen LogP) is 1.95. The molecule has 0 spiro atoms. The van der Waals surface area contributed by atoms with Crippen LogP contribution in [0.5, 0.6) is 0 Å². The van der Waals surface area contributed by atoms with Gasteiger partial charge in [-0.15, -0.1) is 0 Å². The van der Waals surface area contributed by atoms with Crippen molar-refractivity contribution in [1.82, 2.24) is 9.88 Å². The summed E-state index contributed by atoms with van der Waals surface area (Å²) in [6.07, 6.45) is 3.58. The number of nitrogens with zero attached hydrogens (tertiary/aromatic N) is 2. The molecule has 0 saturated heterocycles. The third kappa shape index (κ3) is 5.24. The van der Waals surface area contributed by atoms with Crippen molar-refractivity contribution in [2.24, 2.45) is 5.73 Å². The number of rotatable bonds is 7. The van der Waals surface area contributed by atoms with Crippen molar-refractivity contribution in [3.05, 3.63) is 29.6 Å². The lowest BCUT2D eigenvalue weighted by Gasteiger charge is -2.16. The molecular formula is C13H23N3. The van der Waals surface area contributed by atoms with Gasteiger partial charge in [0.1, 0.15) is 0 Å².